The molecule has 2 aromatic rings. The Balaban J connectivity index is 1.79. The molecule has 1 fully saturated rings. The first-order chi connectivity index (χ1) is 11.0. The van der Waals surface area contributed by atoms with Crippen LogP contribution in [0.15, 0.2) is 29.2 Å². The van der Waals surface area contributed by atoms with Gasteiger partial charge in [0.15, 0.2) is 11.8 Å². The Hall–Kier alpha value is -2.68. The average Bonchev–Trinajstić information content (AvgIpc) is 2.83. The zero-order chi connectivity index (χ0) is 16.6. The third kappa shape index (κ3) is 2.95. The lowest BCUT2D eigenvalue weighted by atomic mass is 10.2. The highest BCUT2D eigenvalue weighted by molar-refractivity contribution is 5.78. The highest BCUT2D eigenvalue weighted by Gasteiger charge is 2.32. The van der Waals surface area contributed by atoms with Gasteiger partial charge >= 0.3 is 11.7 Å². The van der Waals surface area contributed by atoms with Crippen LogP contribution in [0, 0.1) is 0 Å². The molecule has 1 unspecified atom stereocenters. The number of carbonyl (C=O) groups is 2. The number of hydrogen-bond donors (Lipinski definition) is 1. The molecule has 1 aliphatic heterocycles. The van der Waals surface area contributed by atoms with Crippen molar-refractivity contribution >= 4 is 17.5 Å². The Kier molecular flexibility index (Phi) is 3.87. The largest absolute Gasteiger partial charge is 0.479 e. The van der Waals surface area contributed by atoms with Crippen LogP contribution >= 0.6 is 0 Å². The van der Waals surface area contributed by atoms with Crippen molar-refractivity contribution in [2.75, 3.05) is 13.1 Å². The van der Waals surface area contributed by atoms with Crippen LogP contribution in [-0.4, -0.2) is 61.4 Å². The standard InChI is InChI=1S/C14H16N4O5/c1-9-6-16(7-10(23-9)13(20)21)12(19)8-18-14(22)17-5-3-2-4-11(17)15-18/h2-5,9-10H,6-8H2,1H3,(H,20,21)/t9-,10?/m1/s1. The summed E-state index contributed by atoms with van der Waals surface area (Å²) in [4.78, 5) is 37.0. The fourth-order valence-corrected chi connectivity index (χ4v) is 2.59. The Labute approximate surface area is 130 Å². The molecule has 9 nitrogen and oxygen atoms in total. The van der Waals surface area contributed by atoms with Gasteiger partial charge in [0.1, 0.15) is 6.54 Å². The van der Waals surface area contributed by atoms with E-state index in [2.05, 4.69) is 5.10 Å². The maximum atomic E-state index is 12.4. The van der Waals surface area contributed by atoms with Crippen molar-refractivity contribution in [2.45, 2.75) is 25.7 Å². The van der Waals surface area contributed by atoms with Gasteiger partial charge in [0.2, 0.25) is 5.91 Å². The van der Waals surface area contributed by atoms with Gasteiger partial charge in [-0.15, -0.1) is 5.10 Å². The summed E-state index contributed by atoms with van der Waals surface area (Å²) in [6, 6.07) is 5.11. The van der Waals surface area contributed by atoms with Crippen LogP contribution in [0.5, 0.6) is 0 Å². The van der Waals surface area contributed by atoms with Gasteiger partial charge in [0.25, 0.3) is 0 Å². The summed E-state index contributed by atoms with van der Waals surface area (Å²) in [5, 5.41) is 13.1. The summed E-state index contributed by atoms with van der Waals surface area (Å²) >= 11 is 0. The summed E-state index contributed by atoms with van der Waals surface area (Å²) in [7, 11) is 0. The second-order valence-electron chi connectivity index (χ2n) is 5.44. The highest BCUT2D eigenvalue weighted by atomic mass is 16.5. The number of carboxylic acids is 1. The summed E-state index contributed by atoms with van der Waals surface area (Å²) in [5.41, 5.74) is 0.0362. The fraction of sp³-hybridized carbons (Fsp3) is 0.429. The molecule has 2 atom stereocenters. The molecule has 0 saturated carbocycles. The van der Waals surface area contributed by atoms with Crippen molar-refractivity contribution < 1.29 is 19.4 Å². The van der Waals surface area contributed by atoms with E-state index in [4.69, 9.17) is 9.84 Å². The lowest BCUT2D eigenvalue weighted by molar-refractivity contribution is -0.166. The average molecular weight is 320 g/mol. The molecular formula is C14H16N4O5. The lowest BCUT2D eigenvalue weighted by Gasteiger charge is -2.34. The minimum Gasteiger partial charge on any atom is -0.479 e. The molecule has 1 saturated heterocycles. The molecule has 0 bridgehead atoms. The zero-order valence-corrected chi connectivity index (χ0v) is 12.5. The maximum Gasteiger partial charge on any atom is 0.350 e. The molecule has 23 heavy (non-hydrogen) atoms. The topological polar surface area (TPSA) is 106 Å². The molecule has 0 radical (unpaired) electrons. The number of hydrogen-bond acceptors (Lipinski definition) is 5. The van der Waals surface area contributed by atoms with Gasteiger partial charge in [-0.1, -0.05) is 6.07 Å². The molecule has 122 valence electrons. The molecule has 1 aliphatic rings. The van der Waals surface area contributed by atoms with E-state index < -0.39 is 17.8 Å². The molecule has 3 heterocycles. The normalized spacial score (nSPS) is 21.5. The SMILES string of the molecule is C[C@@H]1CN(C(=O)Cn2nc3ccccn3c2=O)CC(C(=O)O)O1. The summed E-state index contributed by atoms with van der Waals surface area (Å²) < 4.78 is 7.69. The number of pyridine rings is 1. The lowest BCUT2D eigenvalue weighted by Crippen LogP contribution is -2.52. The van der Waals surface area contributed by atoms with E-state index in [-0.39, 0.29) is 31.6 Å². The number of aromatic nitrogens is 3. The molecule has 1 N–H and O–H groups in total. The Morgan fingerprint density at radius 3 is 2.87 bits per heavy atom. The van der Waals surface area contributed by atoms with E-state index in [9.17, 15) is 14.4 Å². The van der Waals surface area contributed by atoms with Crippen LogP contribution in [0.4, 0.5) is 0 Å². The molecule has 0 aliphatic carbocycles. The third-order valence-corrected chi connectivity index (χ3v) is 3.66. The Bertz CT molecular complexity index is 811. The smallest absolute Gasteiger partial charge is 0.350 e. The van der Waals surface area contributed by atoms with E-state index >= 15 is 0 Å². The van der Waals surface area contributed by atoms with Gasteiger partial charge < -0.3 is 14.7 Å². The fourth-order valence-electron chi connectivity index (χ4n) is 2.59. The van der Waals surface area contributed by atoms with Crippen molar-refractivity contribution in [3.05, 3.63) is 34.9 Å². The number of fused-ring (bicyclic) bond motifs is 1. The first-order valence-electron chi connectivity index (χ1n) is 7.16. The van der Waals surface area contributed by atoms with Crippen LogP contribution in [0.2, 0.25) is 0 Å². The van der Waals surface area contributed by atoms with E-state index in [1.54, 1.807) is 31.3 Å². The van der Waals surface area contributed by atoms with Crippen molar-refractivity contribution in [2.24, 2.45) is 0 Å². The van der Waals surface area contributed by atoms with Crippen LogP contribution in [0.1, 0.15) is 6.92 Å². The van der Waals surface area contributed by atoms with Crippen LogP contribution < -0.4 is 5.69 Å². The monoisotopic (exact) mass is 320 g/mol. The minimum atomic E-state index is -1.11. The van der Waals surface area contributed by atoms with Gasteiger partial charge in [-0.2, -0.15) is 0 Å². The van der Waals surface area contributed by atoms with Crippen LogP contribution in [0.3, 0.4) is 0 Å². The van der Waals surface area contributed by atoms with Gasteiger partial charge in [-0.05, 0) is 19.1 Å². The molecule has 3 rings (SSSR count). The first kappa shape index (κ1) is 15.2. The summed E-state index contributed by atoms with van der Waals surface area (Å²) in [6.45, 7) is 1.71. The first-order valence-corrected chi connectivity index (χ1v) is 7.16. The van der Waals surface area contributed by atoms with Gasteiger partial charge in [-0.25, -0.2) is 14.3 Å². The van der Waals surface area contributed by atoms with E-state index in [1.165, 1.54) is 9.30 Å². The molecule has 0 aromatic carbocycles. The second kappa shape index (κ2) is 5.84. The maximum absolute atomic E-state index is 12.4. The number of ether oxygens (including phenoxy) is 1. The third-order valence-electron chi connectivity index (χ3n) is 3.66. The number of carboxylic acid groups (broad SMARTS) is 1. The van der Waals surface area contributed by atoms with Crippen LogP contribution in [-0.2, 0) is 20.9 Å². The van der Waals surface area contributed by atoms with Crippen LogP contribution in [0.25, 0.3) is 5.65 Å². The number of morpholine rings is 1. The number of rotatable bonds is 3. The molecule has 2 aromatic heterocycles. The van der Waals surface area contributed by atoms with E-state index in [0.29, 0.717) is 5.65 Å². The summed E-state index contributed by atoms with van der Waals surface area (Å²) in [6.07, 6.45) is 0.134. The predicted octanol–water partition coefficient (Wildman–Crippen LogP) is -0.803. The molecular weight excluding hydrogens is 304 g/mol. The quantitative estimate of drug-likeness (QED) is 0.793. The van der Waals surface area contributed by atoms with Gasteiger partial charge in [0, 0.05) is 12.7 Å². The van der Waals surface area contributed by atoms with E-state index in [0.717, 1.165) is 4.68 Å². The number of carbonyl (C=O) groups excluding carboxylic acids is 1. The Morgan fingerprint density at radius 1 is 1.39 bits per heavy atom. The summed E-state index contributed by atoms with van der Waals surface area (Å²) in [5.74, 6) is -1.48. The minimum absolute atomic E-state index is 0.0410. The zero-order valence-electron chi connectivity index (χ0n) is 12.5. The van der Waals surface area contributed by atoms with Gasteiger partial charge in [0.05, 0.1) is 12.6 Å². The number of nitrogens with zero attached hydrogens (tertiary/aromatic N) is 4. The number of amides is 1. The molecule has 0 spiro atoms. The Morgan fingerprint density at radius 2 is 2.17 bits per heavy atom. The molecule has 1 amide bonds. The van der Waals surface area contributed by atoms with Crippen molar-refractivity contribution in [1.29, 1.82) is 0 Å². The van der Waals surface area contributed by atoms with Crippen molar-refractivity contribution in [3.63, 3.8) is 0 Å². The van der Waals surface area contributed by atoms with Crippen molar-refractivity contribution in [1.82, 2.24) is 19.1 Å². The second-order valence-corrected chi connectivity index (χ2v) is 5.44. The highest BCUT2D eigenvalue weighted by Crippen LogP contribution is 2.12. The van der Waals surface area contributed by atoms with Crippen molar-refractivity contribution in [3.8, 4) is 0 Å². The number of aliphatic carboxylic acids is 1. The van der Waals surface area contributed by atoms with Gasteiger partial charge in [-0.3, -0.25) is 9.20 Å². The molecule has 9 heteroatoms. The van der Waals surface area contributed by atoms with E-state index in [1.807, 2.05) is 0 Å². The predicted molar refractivity (Wildman–Crippen MR) is 78.0 cm³/mol.